The summed E-state index contributed by atoms with van der Waals surface area (Å²) in [7, 11) is 1.98. The summed E-state index contributed by atoms with van der Waals surface area (Å²) in [4.78, 5) is 0. The Morgan fingerprint density at radius 3 is 1.38 bits per heavy atom. The Morgan fingerprint density at radius 1 is 0.750 bits per heavy atom. The first-order chi connectivity index (χ1) is 7.14. The smallest absolute Gasteiger partial charge is 0.0343 e. The molecule has 1 nitrogen and oxygen atoms in total. The lowest BCUT2D eigenvalue weighted by Crippen LogP contribution is -2.16. The van der Waals surface area contributed by atoms with Crippen molar-refractivity contribution in [3.05, 3.63) is 29.3 Å². The summed E-state index contributed by atoms with van der Waals surface area (Å²) in [6.45, 7) is 13.5. The minimum Gasteiger partial charge on any atom is -0.388 e. The van der Waals surface area contributed by atoms with E-state index in [9.17, 15) is 0 Å². The molecule has 16 heavy (non-hydrogen) atoms. The van der Waals surface area contributed by atoms with E-state index in [4.69, 9.17) is 0 Å². The second kappa shape index (κ2) is 4.12. The van der Waals surface area contributed by atoms with Gasteiger partial charge in [0.2, 0.25) is 0 Å². The normalized spacial score (nSPS) is 12.7. The van der Waals surface area contributed by atoms with Gasteiger partial charge in [-0.05, 0) is 34.1 Å². The number of nitrogens with one attached hydrogen (secondary N) is 1. The van der Waals surface area contributed by atoms with Gasteiger partial charge in [0.1, 0.15) is 0 Å². The fourth-order valence-electron chi connectivity index (χ4n) is 1.64. The first-order valence-corrected chi connectivity index (χ1v) is 5.98. The van der Waals surface area contributed by atoms with Crippen LogP contribution in [0, 0.1) is 0 Å². The minimum absolute atomic E-state index is 0.201. The SMILES string of the molecule is CNc1cc(C(C)(C)C)cc(C(C)(C)C)c1. The fourth-order valence-corrected chi connectivity index (χ4v) is 1.64. The highest BCUT2D eigenvalue weighted by atomic mass is 14.8. The molecule has 1 N–H and O–H groups in total. The van der Waals surface area contributed by atoms with Crippen LogP contribution in [0.2, 0.25) is 0 Å². The van der Waals surface area contributed by atoms with Crippen LogP contribution >= 0.6 is 0 Å². The van der Waals surface area contributed by atoms with E-state index in [1.54, 1.807) is 0 Å². The fraction of sp³-hybridized carbons (Fsp3) is 0.600. The summed E-state index contributed by atoms with van der Waals surface area (Å²) >= 11 is 0. The van der Waals surface area contributed by atoms with Gasteiger partial charge in [0, 0.05) is 12.7 Å². The van der Waals surface area contributed by atoms with Crippen LogP contribution in [-0.4, -0.2) is 7.05 Å². The summed E-state index contributed by atoms with van der Waals surface area (Å²) < 4.78 is 0. The average molecular weight is 219 g/mol. The molecule has 0 aliphatic rings. The third-order valence-electron chi connectivity index (χ3n) is 2.95. The van der Waals surface area contributed by atoms with E-state index in [2.05, 4.69) is 65.1 Å². The average Bonchev–Trinajstić information content (AvgIpc) is 2.14. The highest BCUT2D eigenvalue weighted by Gasteiger charge is 2.20. The summed E-state index contributed by atoms with van der Waals surface area (Å²) in [5.74, 6) is 0. The molecular formula is C15H25N. The Hall–Kier alpha value is -0.980. The molecule has 0 radical (unpaired) electrons. The van der Waals surface area contributed by atoms with Crippen molar-refractivity contribution in [2.24, 2.45) is 0 Å². The Kier molecular flexibility index (Phi) is 3.37. The van der Waals surface area contributed by atoms with Gasteiger partial charge in [0.05, 0.1) is 0 Å². The quantitative estimate of drug-likeness (QED) is 0.741. The van der Waals surface area contributed by atoms with Gasteiger partial charge >= 0.3 is 0 Å². The molecule has 0 saturated heterocycles. The van der Waals surface area contributed by atoms with Gasteiger partial charge in [-0.3, -0.25) is 0 Å². The zero-order valence-electron chi connectivity index (χ0n) is 11.7. The third kappa shape index (κ3) is 3.01. The molecule has 0 bridgehead atoms. The Balaban J connectivity index is 3.33. The maximum Gasteiger partial charge on any atom is 0.0343 e. The lowest BCUT2D eigenvalue weighted by atomic mass is 9.80. The van der Waals surface area contributed by atoms with E-state index in [1.807, 2.05) is 7.05 Å². The number of rotatable bonds is 1. The standard InChI is InChI=1S/C15H25N/c1-14(2,3)11-8-12(15(4,5)6)10-13(9-11)16-7/h8-10,16H,1-7H3. The van der Waals surface area contributed by atoms with Crippen molar-refractivity contribution in [1.29, 1.82) is 0 Å². The maximum atomic E-state index is 3.25. The topological polar surface area (TPSA) is 12.0 Å². The molecule has 0 fully saturated rings. The van der Waals surface area contributed by atoms with Gasteiger partial charge in [-0.25, -0.2) is 0 Å². The molecule has 1 aromatic carbocycles. The molecule has 0 unspecified atom stereocenters. The zero-order valence-corrected chi connectivity index (χ0v) is 11.7. The number of benzene rings is 1. The molecule has 0 aromatic heterocycles. The zero-order chi connectivity index (χ0) is 12.6. The first kappa shape index (κ1) is 13.1. The van der Waals surface area contributed by atoms with Crippen molar-refractivity contribution in [3.63, 3.8) is 0 Å². The van der Waals surface area contributed by atoms with Crippen molar-refractivity contribution < 1.29 is 0 Å². The summed E-state index contributed by atoms with van der Waals surface area (Å²) in [6, 6.07) is 6.82. The number of hydrogen-bond acceptors (Lipinski definition) is 1. The van der Waals surface area contributed by atoms with Crippen LogP contribution in [0.25, 0.3) is 0 Å². The summed E-state index contributed by atoms with van der Waals surface area (Å²) in [5.41, 5.74) is 4.39. The Morgan fingerprint density at radius 2 is 1.12 bits per heavy atom. The van der Waals surface area contributed by atoms with Gasteiger partial charge in [0.25, 0.3) is 0 Å². The van der Waals surface area contributed by atoms with E-state index in [1.165, 1.54) is 16.8 Å². The van der Waals surface area contributed by atoms with Crippen LogP contribution in [0.3, 0.4) is 0 Å². The molecule has 1 heteroatoms. The molecule has 0 amide bonds. The molecule has 0 aliphatic carbocycles. The van der Waals surface area contributed by atoms with E-state index in [-0.39, 0.29) is 10.8 Å². The van der Waals surface area contributed by atoms with E-state index in [0.717, 1.165) is 0 Å². The maximum absolute atomic E-state index is 3.25. The molecule has 0 aliphatic heterocycles. The third-order valence-corrected chi connectivity index (χ3v) is 2.95. The van der Waals surface area contributed by atoms with Crippen LogP contribution in [-0.2, 0) is 10.8 Å². The highest BCUT2D eigenvalue weighted by Crippen LogP contribution is 2.31. The lowest BCUT2D eigenvalue weighted by molar-refractivity contribution is 0.569. The van der Waals surface area contributed by atoms with Crippen LogP contribution < -0.4 is 5.32 Å². The van der Waals surface area contributed by atoms with Crippen molar-refractivity contribution in [3.8, 4) is 0 Å². The van der Waals surface area contributed by atoms with Crippen molar-refractivity contribution in [2.45, 2.75) is 52.4 Å². The second-order valence-electron chi connectivity index (χ2n) is 6.55. The monoisotopic (exact) mass is 219 g/mol. The summed E-state index contributed by atoms with van der Waals surface area (Å²) in [6.07, 6.45) is 0. The molecule has 1 aromatic rings. The van der Waals surface area contributed by atoms with Crippen LogP contribution in [0.5, 0.6) is 0 Å². The van der Waals surface area contributed by atoms with E-state index < -0.39 is 0 Å². The van der Waals surface area contributed by atoms with Crippen molar-refractivity contribution >= 4 is 5.69 Å². The van der Waals surface area contributed by atoms with E-state index >= 15 is 0 Å². The Bertz CT molecular complexity index is 332. The molecule has 0 atom stereocenters. The van der Waals surface area contributed by atoms with Gasteiger partial charge in [0.15, 0.2) is 0 Å². The van der Waals surface area contributed by atoms with Crippen LogP contribution in [0.15, 0.2) is 18.2 Å². The van der Waals surface area contributed by atoms with Gasteiger partial charge < -0.3 is 5.32 Å². The molecule has 90 valence electrons. The van der Waals surface area contributed by atoms with Crippen LogP contribution in [0.1, 0.15) is 52.7 Å². The number of hydrogen-bond donors (Lipinski definition) is 1. The van der Waals surface area contributed by atoms with Gasteiger partial charge in [-0.2, -0.15) is 0 Å². The molecule has 0 spiro atoms. The van der Waals surface area contributed by atoms with Crippen molar-refractivity contribution in [1.82, 2.24) is 0 Å². The van der Waals surface area contributed by atoms with Crippen LogP contribution in [0.4, 0.5) is 5.69 Å². The lowest BCUT2D eigenvalue weighted by Gasteiger charge is -2.26. The van der Waals surface area contributed by atoms with Crippen molar-refractivity contribution in [2.75, 3.05) is 12.4 Å². The molecule has 0 saturated carbocycles. The highest BCUT2D eigenvalue weighted by molar-refractivity contribution is 5.51. The predicted octanol–water partition coefficient (Wildman–Crippen LogP) is 4.32. The molecular weight excluding hydrogens is 194 g/mol. The van der Waals surface area contributed by atoms with E-state index in [0.29, 0.717) is 0 Å². The number of anilines is 1. The van der Waals surface area contributed by atoms with Gasteiger partial charge in [-0.15, -0.1) is 0 Å². The summed E-state index contributed by atoms with van der Waals surface area (Å²) in [5, 5.41) is 3.25. The molecule has 1 rings (SSSR count). The Labute approximate surface area is 100 Å². The largest absolute Gasteiger partial charge is 0.388 e. The minimum atomic E-state index is 0.201. The first-order valence-electron chi connectivity index (χ1n) is 5.98. The van der Waals surface area contributed by atoms with Gasteiger partial charge in [-0.1, -0.05) is 47.6 Å². The second-order valence-corrected chi connectivity index (χ2v) is 6.55. The predicted molar refractivity (Wildman–Crippen MR) is 73.4 cm³/mol. The molecule has 0 heterocycles.